The summed E-state index contributed by atoms with van der Waals surface area (Å²) >= 11 is 0. The van der Waals surface area contributed by atoms with Gasteiger partial charge in [0.25, 0.3) is 0 Å². The van der Waals surface area contributed by atoms with Gasteiger partial charge in [0.15, 0.2) is 5.78 Å². The minimum Gasteiger partial charge on any atom is -0.316 e. The Balaban J connectivity index is 2.13. The van der Waals surface area contributed by atoms with Gasteiger partial charge in [-0.25, -0.2) is 0 Å². The van der Waals surface area contributed by atoms with E-state index in [1.807, 2.05) is 12.1 Å². The lowest BCUT2D eigenvalue weighted by Gasteiger charge is -2.05. The number of carbonyl (C=O) groups excluding carboxylic acids is 1. The molecule has 1 fully saturated rings. The maximum atomic E-state index is 11.7. The average Bonchev–Trinajstić information content (AvgIpc) is 2.71. The van der Waals surface area contributed by atoms with Crippen molar-refractivity contribution in [3.05, 3.63) is 30.1 Å². The summed E-state index contributed by atoms with van der Waals surface area (Å²) in [5.41, 5.74) is 0.594. The van der Waals surface area contributed by atoms with Gasteiger partial charge < -0.3 is 5.32 Å². The van der Waals surface area contributed by atoms with Gasteiger partial charge in [0.2, 0.25) is 0 Å². The van der Waals surface area contributed by atoms with Crippen LogP contribution in [0.1, 0.15) is 16.9 Å². The molecule has 0 bridgehead atoms. The second-order valence-electron chi connectivity index (χ2n) is 3.27. The molecule has 0 radical (unpaired) electrons. The van der Waals surface area contributed by atoms with Crippen LogP contribution in [0.2, 0.25) is 0 Å². The minimum atomic E-state index is 0.134. The third-order valence-corrected chi connectivity index (χ3v) is 2.35. The largest absolute Gasteiger partial charge is 0.316 e. The normalized spacial score (nSPS) is 21.7. The summed E-state index contributed by atoms with van der Waals surface area (Å²) in [6.45, 7) is 1.75. The number of pyridine rings is 1. The molecule has 1 aromatic rings. The molecule has 3 nitrogen and oxygen atoms in total. The van der Waals surface area contributed by atoms with Gasteiger partial charge in [-0.05, 0) is 25.1 Å². The first-order chi connectivity index (χ1) is 6.38. The molecule has 1 aliphatic rings. The molecule has 0 aliphatic carbocycles. The first kappa shape index (κ1) is 8.38. The molecular weight excluding hydrogens is 164 g/mol. The van der Waals surface area contributed by atoms with E-state index in [0.29, 0.717) is 5.69 Å². The Hall–Kier alpha value is -1.22. The van der Waals surface area contributed by atoms with Crippen LogP contribution in [0.25, 0.3) is 0 Å². The van der Waals surface area contributed by atoms with Gasteiger partial charge in [-0.2, -0.15) is 0 Å². The highest BCUT2D eigenvalue weighted by Crippen LogP contribution is 2.13. The van der Waals surface area contributed by atoms with E-state index in [1.165, 1.54) is 0 Å². The zero-order valence-electron chi connectivity index (χ0n) is 7.36. The van der Waals surface area contributed by atoms with Crippen molar-refractivity contribution in [1.82, 2.24) is 10.3 Å². The molecule has 0 spiro atoms. The topological polar surface area (TPSA) is 42.0 Å². The van der Waals surface area contributed by atoms with Crippen molar-refractivity contribution in [3.63, 3.8) is 0 Å². The Kier molecular flexibility index (Phi) is 2.36. The molecule has 1 atom stereocenters. The number of ketones is 1. The Morgan fingerprint density at radius 1 is 1.54 bits per heavy atom. The van der Waals surface area contributed by atoms with Gasteiger partial charge in [0, 0.05) is 18.7 Å². The van der Waals surface area contributed by atoms with Crippen LogP contribution < -0.4 is 5.32 Å². The predicted molar refractivity (Wildman–Crippen MR) is 49.5 cm³/mol. The minimum absolute atomic E-state index is 0.134. The van der Waals surface area contributed by atoms with Crippen molar-refractivity contribution in [1.29, 1.82) is 0 Å². The first-order valence-electron chi connectivity index (χ1n) is 4.54. The molecule has 0 amide bonds. The van der Waals surface area contributed by atoms with Crippen molar-refractivity contribution in [2.24, 2.45) is 5.92 Å². The number of aromatic nitrogens is 1. The highest BCUT2D eigenvalue weighted by atomic mass is 16.1. The fourth-order valence-electron chi connectivity index (χ4n) is 1.60. The smallest absolute Gasteiger partial charge is 0.185 e. The van der Waals surface area contributed by atoms with Gasteiger partial charge >= 0.3 is 0 Å². The van der Waals surface area contributed by atoms with Crippen molar-refractivity contribution in [2.45, 2.75) is 6.42 Å². The van der Waals surface area contributed by atoms with Crippen LogP contribution in [-0.2, 0) is 0 Å². The number of nitrogens with zero attached hydrogens (tertiary/aromatic N) is 1. The van der Waals surface area contributed by atoms with Crippen LogP contribution in [0.4, 0.5) is 0 Å². The lowest BCUT2D eigenvalue weighted by Crippen LogP contribution is -2.18. The summed E-state index contributed by atoms with van der Waals surface area (Å²) in [5, 5.41) is 3.17. The van der Waals surface area contributed by atoms with Crippen LogP contribution >= 0.6 is 0 Å². The summed E-state index contributed by atoms with van der Waals surface area (Å²) in [7, 11) is 0. The lowest BCUT2D eigenvalue weighted by molar-refractivity contribution is 0.0925. The molecule has 1 saturated heterocycles. The summed E-state index contributed by atoms with van der Waals surface area (Å²) in [5.74, 6) is 0.306. The highest BCUT2D eigenvalue weighted by Gasteiger charge is 2.23. The third-order valence-electron chi connectivity index (χ3n) is 2.35. The van der Waals surface area contributed by atoms with Crippen LogP contribution in [0.15, 0.2) is 24.4 Å². The zero-order chi connectivity index (χ0) is 9.10. The molecular formula is C10H12N2O. The quantitative estimate of drug-likeness (QED) is 0.680. The third kappa shape index (κ3) is 1.75. The van der Waals surface area contributed by atoms with E-state index >= 15 is 0 Å². The highest BCUT2D eigenvalue weighted by molar-refractivity contribution is 5.96. The molecule has 0 aromatic carbocycles. The maximum absolute atomic E-state index is 11.7. The number of Topliss-reactive ketones (excluding diaryl/α,β-unsaturated/α-hetero) is 1. The van der Waals surface area contributed by atoms with Crippen LogP contribution in [0.3, 0.4) is 0 Å². The van der Waals surface area contributed by atoms with Gasteiger partial charge in [-0.3, -0.25) is 9.78 Å². The van der Waals surface area contributed by atoms with E-state index in [4.69, 9.17) is 0 Å². The molecule has 0 unspecified atom stereocenters. The summed E-state index contributed by atoms with van der Waals surface area (Å²) in [6.07, 6.45) is 2.60. The monoisotopic (exact) mass is 176 g/mol. The van der Waals surface area contributed by atoms with Crippen molar-refractivity contribution >= 4 is 5.78 Å². The maximum Gasteiger partial charge on any atom is 0.185 e. The van der Waals surface area contributed by atoms with E-state index in [2.05, 4.69) is 10.3 Å². The summed E-state index contributed by atoms with van der Waals surface area (Å²) in [4.78, 5) is 15.8. The van der Waals surface area contributed by atoms with Gasteiger partial charge in [-0.15, -0.1) is 0 Å². The Morgan fingerprint density at radius 3 is 3.08 bits per heavy atom. The molecule has 68 valence electrons. The molecule has 2 heterocycles. The zero-order valence-corrected chi connectivity index (χ0v) is 7.36. The molecule has 3 heteroatoms. The standard InChI is InChI=1S/C10H12N2O/c13-10(8-4-6-11-7-8)9-3-1-2-5-12-9/h1-3,5,8,11H,4,6-7H2/t8-/m1/s1. The molecule has 1 aromatic heterocycles. The lowest BCUT2D eigenvalue weighted by atomic mass is 10.0. The van der Waals surface area contributed by atoms with Crippen LogP contribution in [0.5, 0.6) is 0 Å². The Morgan fingerprint density at radius 2 is 2.46 bits per heavy atom. The first-order valence-corrected chi connectivity index (χ1v) is 4.54. The fourth-order valence-corrected chi connectivity index (χ4v) is 1.60. The van der Waals surface area contributed by atoms with Gasteiger partial charge in [-0.1, -0.05) is 6.07 Å². The Labute approximate surface area is 77.2 Å². The van der Waals surface area contributed by atoms with E-state index in [1.54, 1.807) is 12.3 Å². The average molecular weight is 176 g/mol. The van der Waals surface area contributed by atoms with E-state index in [9.17, 15) is 4.79 Å². The predicted octanol–water partition coefficient (Wildman–Crippen LogP) is 0.874. The van der Waals surface area contributed by atoms with Gasteiger partial charge in [0.05, 0.1) is 0 Å². The second-order valence-corrected chi connectivity index (χ2v) is 3.27. The van der Waals surface area contributed by atoms with E-state index < -0.39 is 0 Å². The van der Waals surface area contributed by atoms with Crippen molar-refractivity contribution in [2.75, 3.05) is 13.1 Å². The number of hydrogen-bond acceptors (Lipinski definition) is 3. The summed E-state index contributed by atoms with van der Waals surface area (Å²) in [6, 6.07) is 5.45. The number of carbonyl (C=O) groups is 1. The molecule has 1 N–H and O–H groups in total. The number of hydrogen-bond donors (Lipinski definition) is 1. The second kappa shape index (κ2) is 3.66. The molecule has 13 heavy (non-hydrogen) atoms. The molecule has 0 saturated carbocycles. The molecule has 2 rings (SSSR count). The van der Waals surface area contributed by atoms with Crippen molar-refractivity contribution in [3.8, 4) is 0 Å². The number of rotatable bonds is 2. The summed E-state index contributed by atoms with van der Waals surface area (Å²) < 4.78 is 0. The van der Waals surface area contributed by atoms with Crippen LogP contribution in [-0.4, -0.2) is 23.9 Å². The Bertz CT molecular complexity index is 291. The van der Waals surface area contributed by atoms with E-state index in [0.717, 1.165) is 19.5 Å². The molecule has 1 aliphatic heterocycles. The SMILES string of the molecule is O=C(c1ccccn1)[C@@H]1CCNC1. The fraction of sp³-hybridized carbons (Fsp3) is 0.400. The number of nitrogens with one attached hydrogen (secondary N) is 1. The van der Waals surface area contributed by atoms with Crippen molar-refractivity contribution < 1.29 is 4.79 Å². The van der Waals surface area contributed by atoms with E-state index in [-0.39, 0.29) is 11.7 Å². The van der Waals surface area contributed by atoms with Crippen LogP contribution in [0, 0.1) is 5.92 Å². The van der Waals surface area contributed by atoms with Gasteiger partial charge in [0.1, 0.15) is 5.69 Å².